The second kappa shape index (κ2) is 6.28. The zero-order chi connectivity index (χ0) is 18.4. The van der Waals surface area contributed by atoms with Gasteiger partial charge >= 0.3 is 0 Å². The van der Waals surface area contributed by atoms with E-state index in [0.717, 1.165) is 11.9 Å². The van der Waals surface area contributed by atoms with E-state index in [2.05, 4.69) is 11.1 Å². The molecule has 0 amide bonds. The Morgan fingerprint density at radius 3 is 2.74 bits per heavy atom. The maximum atomic E-state index is 13.1. The third-order valence-corrected chi connectivity index (χ3v) is 7.22. The number of nitrogens with one attached hydrogen (secondary N) is 1. The molecule has 3 aromatic rings. The van der Waals surface area contributed by atoms with Crippen LogP contribution in [0.4, 0.5) is 0 Å². The summed E-state index contributed by atoms with van der Waals surface area (Å²) in [6.07, 6.45) is 2.82. The van der Waals surface area contributed by atoms with E-state index in [9.17, 15) is 8.42 Å². The molecule has 1 saturated heterocycles. The molecule has 6 nitrogen and oxygen atoms in total. The molecule has 3 heterocycles. The molecular weight excluding hydrogens is 364 g/mol. The van der Waals surface area contributed by atoms with Crippen molar-refractivity contribution in [3.8, 4) is 11.5 Å². The van der Waals surface area contributed by atoms with Crippen molar-refractivity contribution in [1.29, 1.82) is 0 Å². The minimum Gasteiger partial charge on any atom is -0.486 e. The molecule has 140 valence electrons. The number of H-pyrrole nitrogens is 1. The minimum absolute atomic E-state index is 0.188. The first-order valence-corrected chi connectivity index (χ1v) is 10.5. The first-order valence-electron chi connectivity index (χ1n) is 9.09. The van der Waals surface area contributed by atoms with Gasteiger partial charge in [0.25, 0.3) is 0 Å². The van der Waals surface area contributed by atoms with E-state index in [4.69, 9.17) is 9.47 Å². The van der Waals surface area contributed by atoms with Crippen LogP contribution in [0.1, 0.15) is 17.9 Å². The van der Waals surface area contributed by atoms with Gasteiger partial charge in [0, 0.05) is 42.2 Å². The molecular formula is C20H20N2O4S. The number of sulfonamides is 1. The topological polar surface area (TPSA) is 71.6 Å². The fourth-order valence-electron chi connectivity index (χ4n) is 3.97. The van der Waals surface area contributed by atoms with Crippen LogP contribution in [0.2, 0.25) is 0 Å². The number of aromatic amines is 1. The lowest BCUT2D eigenvalue weighted by Gasteiger charge is -2.21. The Morgan fingerprint density at radius 2 is 1.85 bits per heavy atom. The molecule has 2 aromatic carbocycles. The quantitative estimate of drug-likeness (QED) is 0.753. The molecule has 0 saturated carbocycles. The Kier molecular flexibility index (Phi) is 3.87. The van der Waals surface area contributed by atoms with E-state index in [-0.39, 0.29) is 10.8 Å². The van der Waals surface area contributed by atoms with Crippen molar-refractivity contribution in [2.45, 2.75) is 17.2 Å². The lowest BCUT2D eigenvalue weighted by atomic mass is 9.98. The molecule has 27 heavy (non-hydrogen) atoms. The summed E-state index contributed by atoms with van der Waals surface area (Å²) in [5.41, 5.74) is 2.27. The normalized spacial score (nSPS) is 20.2. The monoisotopic (exact) mass is 384 g/mol. The van der Waals surface area contributed by atoms with Crippen LogP contribution in [-0.2, 0) is 10.0 Å². The number of benzene rings is 2. The van der Waals surface area contributed by atoms with Crippen molar-refractivity contribution in [3.63, 3.8) is 0 Å². The van der Waals surface area contributed by atoms with Crippen LogP contribution in [0.5, 0.6) is 11.5 Å². The molecule has 1 aromatic heterocycles. The van der Waals surface area contributed by atoms with E-state index in [1.165, 1.54) is 10.9 Å². The highest BCUT2D eigenvalue weighted by Gasteiger charge is 2.34. The van der Waals surface area contributed by atoms with Crippen molar-refractivity contribution in [2.75, 3.05) is 26.3 Å². The van der Waals surface area contributed by atoms with Crippen molar-refractivity contribution in [2.24, 2.45) is 0 Å². The summed E-state index contributed by atoms with van der Waals surface area (Å²) in [5.74, 6) is 1.28. The maximum Gasteiger partial charge on any atom is 0.243 e. The summed E-state index contributed by atoms with van der Waals surface area (Å²) in [5, 5.41) is 1.17. The van der Waals surface area contributed by atoms with Gasteiger partial charge in [-0.15, -0.1) is 0 Å². The van der Waals surface area contributed by atoms with E-state index in [0.29, 0.717) is 37.8 Å². The summed E-state index contributed by atoms with van der Waals surface area (Å²) in [6.45, 7) is 1.92. The largest absolute Gasteiger partial charge is 0.486 e. The first kappa shape index (κ1) is 16.6. The number of rotatable bonds is 3. The molecule has 0 spiro atoms. The Hall–Kier alpha value is -2.51. The van der Waals surface area contributed by atoms with Crippen LogP contribution in [0.3, 0.4) is 0 Å². The molecule has 1 atom stereocenters. The van der Waals surface area contributed by atoms with Gasteiger partial charge in [-0.25, -0.2) is 8.42 Å². The van der Waals surface area contributed by atoms with Crippen LogP contribution in [0.15, 0.2) is 53.6 Å². The third-order valence-electron chi connectivity index (χ3n) is 5.36. The van der Waals surface area contributed by atoms with E-state index < -0.39 is 10.0 Å². The molecule has 1 N–H and O–H groups in total. The average molecular weight is 384 g/mol. The van der Waals surface area contributed by atoms with Gasteiger partial charge in [-0.3, -0.25) is 0 Å². The lowest BCUT2D eigenvalue weighted by Crippen LogP contribution is -2.29. The smallest absolute Gasteiger partial charge is 0.243 e. The summed E-state index contributed by atoms with van der Waals surface area (Å²) >= 11 is 0. The van der Waals surface area contributed by atoms with Crippen molar-refractivity contribution >= 4 is 20.9 Å². The van der Waals surface area contributed by atoms with Crippen LogP contribution in [-0.4, -0.2) is 44.0 Å². The Bertz CT molecular complexity index is 1110. The SMILES string of the molecule is O=S(=O)(c1ccc2c(c1)OCCO2)N1CCC(c2c[nH]c3ccccc23)C1. The molecule has 0 bridgehead atoms. The molecule has 1 fully saturated rings. The zero-order valence-corrected chi connectivity index (χ0v) is 15.5. The molecule has 2 aliphatic rings. The zero-order valence-electron chi connectivity index (χ0n) is 14.7. The first-order chi connectivity index (χ1) is 13.1. The number of aromatic nitrogens is 1. The fraction of sp³-hybridized carbons (Fsp3) is 0.300. The van der Waals surface area contributed by atoms with Gasteiger partial charge in [0.2, 0.25) is 10.0 Å². The number of para-hydroxylation sites is 1. The highest BCUT2D eigenvalue weighted by Crippen LogP contribution is 2.37. The summed E-state index contributed by atoms with van der Waals surface area (Å²) in [4.78, 5) is 3.54. The van der Waals surface area contributed by atoms with Gasteiger partial charge < -0.3 is 14.5 Å². The number of nitrogens with zero attached hydrogens (tertiary/aromatic N) is 1. The Labute approximate surface area is 157 Å². The van der Waals surface area contributed by atoms with Crippen LogP contribution < -0.4 is 9.47 Å². The highest BCUT2D eigenvalue weighted by atomic mass is 32.2. The van der Waals surface area contributed by atoms with E-state index >= 15 is 0 Å². The third kappa shape index (κ3) is 2.78. The maximum absolute atomic E-state index is 13.1. The molecule has 7 heteroatoms. The molecule has 2 aliphatic heterocycles. The van der Waals surface area contributed by atoms with Gasteiger partial charge in [-0.05, 0) is 30.2 Å². The summed E-state index contributed by atoms with van der Waals surface area (Å²) < 4.78 is 38.8. The number of hydrogen-bond acceptors (Lipinski definition) is 4. The van der Waals surface area contributed by atoms with E-state index in [1.807, 2.05) is 24.4 Å². The molecule has 0 radical (unpaired) electrons. The predicted molar refractivity (Wildman–Crippen MR) is 102 cm³/mol. The van der Waals surface area contributed by atoms with Gasteiger partial charge in [0.15, 0.2) is 11.5 Å². The van der Waals surface area contributed by atoms with Crippen LogP contribution in [0.25, 0.3) is 10.9 Å². The molecule has 5 rings (SSSR count). The van der Waals surface area contributed by atoms with Crippen LogP contribution >= 0.6 is 0 Å². The van der Waals surface area contributed by atoms with Crippen molar-refractivity contribution in [1.82, 2.24) is 9.29 Å². The van der Waals surface area contributed by atoms with E-state index in [1.54, 1.807) is 22.5 Å². The van der Waals surface area contributed by atoms with Crippen molar-refractivity contribution in [3.05, 3.63) is 54.2 Å². The van der Waals surface area contributed by atoms with Gasteiger partial charge in [0.1, 0.15) is 13.2 Å². The number of fused-ring (bicyclic) bond motifs is 2. The second-order valence-corrected chi connectivity index (χ2v) is 8.88. The Morgan fingerprint density at radius 1 is 1.04 bits per heavy atom. The standard InChI is InChI=1S/C20H20N2O4S/c23-27(24,15-5-6-19-20(11-15)26-10-9-25-19)22-8-7-14(13-22)17-12-21-18-4-2-1-3-16(17)18/h1-6,11-12,14,21H,7-10,13H2. The number of hydrogen-bond donors (Lipinski definition) is 1. The predicted octanol–water partition coefficient (Wildman–Crippen LogP) is 3.12. The second-order valence-electron chi connectivity index (χ2n) is 6.94. The van der Waals surface area contributed by atoms with Crippen LogP contribution in [0, 0.1) is 0 Å². The van der Waals surface area contributed by atoms with Gasteiger partial charge in [-0.2, -0.15) is 4.31 Å². The molecule has 1 unspecified atom stereocenters. The summed E-state index contributed by atoms with van der Waals surface area (Å²) in [7, 11) is -3.56. The molecule has 0 aliphatic carbocycles. The van der Waals surface area contributed by atoms with Gasteiger partial charge in [0.05, 0.1) is 4.90 Å². The van der Waals surface area contributed by atoms with Gasteiger partial charge in [-0.1, -0.05) is 18.2 Å². The highest BCUT2D eigenvalue weighted by molar-refractivity contribution is 7.89. The average Bonchev–Trinajstić information content (AvgIpc) is 3.35. The Balaban J connectivity index is 1.42. The lowest BCUT2D eigenvalue weighted by molar-refractivity contribution is 0.171. The minimum atomic E-state index is -3.56. The number of ether oxygens (including phenoxy) is 2. The fourth-order valence-corrected chi connectivity index (χ4v) is 5.48. The summed E-state index contributed by atoms with van der Waals surface area (Å²) in [6, 6.07) is 13.0. The van der Waals surface area contributed by atoms with Crippen molar-refractivity contribution < 1.29 is 17.9 Å².